The van der Waals surface area contributed by atoms with Crippen molar-refractivity contribution in [3.05, 3.63) is 76.4 Å². The van der Waals surface area contributed by atoms with Crippen LogP contribution in [0.1, 0.15) is 51.5 Å². The van der Waals surface area contributed by atoms with Crippen LogP contribution in [0.2, 0.25) is 0 Å². The first-order valence-electron chi connectivity index (χ1n) is 12.5. The van der Waals surface area contributed by atoms with Crippen LogP contribution in [0.15, 0.2) is 75.8 Å². The molecule has 2 N–H and O–H groups in total. The van der Waals surface area contributed by atoms with Gasteiger partial charge in [-0.05, 0) is 63.8 Å². The van der Waals surface area contributed by atoms with Gasteiger partial charge in [-0.3, -0.25) is 0 Å². The molecule has 0 radical (unpaired) electrons. The Labute approximate surface area is 222 Å². The minimum absolute atomic E-state index is 0.0406. The van der Waals surface area contributed by atoms with Gasteiger partial charge < -0.3 is 19.7 Å². The summed E-state index contributed by atoms with van der Waals surface area (Å²) in [5.41, 5.74) is 0.497. The van der Waals surface area contributed by atoms with Gasteiger partial charge in [0.1, 0.15) is 34.3 Å². The summed E-state index contributed by atoms with van der Waals surface area (Å²) in [6, 6.07) is 16.6. The van der Waals surface area contributed by atoms with Crippen LogP contribution in [0.5, 0.6) is 5.75 Å². The summed E-state index contributed by atoms with van der Waals surface area (Å²) < 4.78 is 11.3. The molecule has 1 aliphatic carbocycles. The first-order valence-corrected chi connectivity index (χ1v) is 13.3. The van der Waals surface area contributed by atoms with Gasteiger partial charge in [-0.1, -0.05) is 66.4 Å². The number of aliphatic imine (C=N–C) groups is 1. The van der Waals surface area contributed by atoms with Crippen LogP contribution in [-0.2, 0) is 9.53 Å². The quantitative estimate of drug-likeness (QED) is 0.343. The van der Waals surface area contributed by atoms with Gasteiger partial charge in [-0.15, -0.1) is 0 Å². The fourth-order valence-electron chi connectivity index (χ4n) is 4.13. The van der Waals surface area contributed by atoms with Crippen molar-refractivity contribution in [2.24, 2.45) is 4.99 Å². The van der Waals surface area contributed by atoms with E-state index in [0.717, 1.165) is 19.3 Å². The number of nitrogens with zero attached hydrogens (tertiary/aromatic N) is 1. The Bertz CT molecular complexity index is 1280. The number of aliphatic hydroxyl groups excluding tert-OH is 1. The maximum Gasteiger partial charge on any atom is 0.345 e. The van der Waals surface area contributed by atoms with E-state index in [9.17, 15) is 15.0 Å². The van der Waals surface area contributed by atoms with Gasteiger partial charge in [0.25, 0.3) is 0 Å². The molecule has 1 heterocycles. The van der Waals surface area contributed by atoms with Crippen molar-refractivity contribution in [1.29, 1.82) is 0 Å². The highest BCUT2D eigenvalue weighted by Crippen LogP contribution is 2.41. The third-order valence-corrected chi connectivity index (χ3v) is 6.95. The third kappa shape index (κ3) is 7.06. The predicted molar refractivity (Wildman–Crippen MR) is 148 cm³/mol. The van der Waals surface area contributed by atoms with Crippen molar-refractivity contribution < 1.29 is 24.5 Å². The number of carbonyl (C=O) groups is 1. The molecule has 6 nitrogen and oxygen atoms in total. The molecule has 192 valence electrons. The van der Waals surface area contributed by atoms with Gasteiger partial charge in [0, 0.05) is 5.56 Å². The van der Waals surface area contributed by atoms with Crippen LogP contribution in [-0.4, -0.2) is 39.5 Å². The van der Waals surface area contributed by atoms with Crippen molar-refractivity contribution in [3.63, 3.8) is 0 Å². The molecule has 0 atom stereocenters. The molecule has 7 heteroatoms. The van der Waals surface area contributed by atoms with Crippen LogP contribution in [0.4, 0.5) is 5.69 Å². The maximum absolute atomic E-state index is 12.8. The fraction of sp³-hybridized carbons (Fsp3) is 0.333. The number of carbonyl (C=O) groups excluding carboxylic acids is 1. The average Bonchev–Trinajstić information content (AvgIpc) is 3.17. The van der Waals surface area contributed by atoms with Crippen molar-refractivity contribution >= 4 is 34.5 Å². The molecule has 0 saturated heterocycles. The zero-order chi connectivity index (χ0) is 26.3. The summed E-state index contributed by atoms with van der Waals surface area (Å²) >= 11 is 1.20. The Hall–Kier alpha value is -3.47. The molecule has 2 aliphatic rings. The summed E-state index contributed by atoms with van der Waals surface area (Å²) in [4.78, 5) is 17.9. The molecule has 0 amide bonds. The van der Waals surface area contributed by atoms with E-state index in [-0.39, 0.29) is 24.0 Å². The SMILES string of the molecule is CC(C)OC(=O)C1=C(O)/C(=C/c2ccccc2OCC#CC2(O)CCCCC2)SC1=Nc1ccccc1. The second kappa shape index (κ2) is 12.2. The number of thioether (sulfide) groups is 1. The molecule has 0 spiro atoms. The van der Waals surface area contributed by atoms with Crippen molar-refractivity contribution in [2.45, 2.75) is 57.7 Å². The molecular weight excluding hydrogens is 486 g/mol. The van der Waals surface area contributed by atoms with Crippen LogP contribution in [0.3, 0.4) is 0 Å². The molecule has 4 rings (SSSR count). The first kappa shape index (κ1) is 26.6. The molecule has 0 bridgehead atoms. The Morgan fingerprint density at radius 1 is 1.11 bits per heavy atom. The number of hydrogen-bond acceptors (Lipinski definition) is 7. The van der Waals surface area contributed by atoms with E-state index in [0.29, 0.717) is 39.8 Å². The van der Waals surface area contributed by atoms with E-state index in [1.54, 1.807) is 19.9 Å². The van der Waals surface area contributed by atoms with Crippen molar-refractivity contribution in [3.8, 4) is 17.6 Å². The van der Waals surface area contributed by atoms with E-state index in [1.165, 1.54) is 11.8 Å². The van der Waals surface area contributed by atoms with Gasteiger partial charge >= 0.3 is 5.97 Å². The normalized spacial score (nSPS) is 19.1. The Kier molecular flexibility index (Phi) is 8.75. The van der Waals surface area contributed by atoms with Crippen molar-refractivity contribution in [1.82, 2.24) is 0 Å². The van der Waals surface area contributed by atoms with E-state index in [4.69, 9.17) is 9.47 Å². The summed E-state index contributed by atoms with van der Waals surface area (Å²) in [5, 5.41) is 22.0. The summed E-state index contributed by atoms with van der Waals surface area (Å²) in [6.45, 7) is 3.64. The fourth-order valence-corrected chi connectivity index (χ4v) is 5.16. The van der Waals surface area contributed by atoms with Gasteiger partial charge in [0.05, 0.1) is 16.7 Å². The zero-order valence-electron chi connectivity index (χ0n) is 21.1. The lowest BCUT2D eigenvalue weighted by Gasteiger charge is -2.26. The van der Waals surface area contributed by atoms with Gasteiger partial charge in [0.2, 0.25) is 0 Å². The predicted octanol–water partition coefficient (Wildman–Crippen LogP) is 6.35. The number of hydrogen-bond donors (Lipinski definition) is 2. The molecule has 2 aromatic rings. The van der Waals surface area contributed by atoms with E-state index in [2.05, 4.69) is 16.8 Å². The molecule has 0 aromatic heterocycles. The summed E-state index contributed by atoms with van der Waals surface area (Å²) in [7, 11) is 0. The molecule has 1 fully saturated rings. The van der Waals surface area contributed by atoms with Crippen LogP contribution in [0.25, 0.3) is 6.08 Å². The van der Waals surface area contributed by atoms with Gasteiger partial charge in [-0.2, -0.15) is 0 Å². The zero-order valence-corrected chi connectivity index (χ0v) is 21.9. The number of ether oxygens (including phenoxy) is 2. The second-order valence-electron chi connectivity index (χ2n) is 9.26. The smallest absolute Gasteiger partial charge is 0.345 e. The largest absolute Gasteiger partial charge is 0.506 e. The summed E-state index contributed by atoms with van der Waals surface area (Å²) in [6.07, 6.45) is 5.91. The molecular formula is C30H31NO5S. The molecule has 37 heavy (non-hydrogen) atoms. The van der Waals surface area contributed by atoms with E-state index in [1.807, 2.05) is 54.6 Å². The number of benzene rings is 2. The van der Waals surface area contributed by atoms with Crippen LogP contribution < -0.4 is 4.74 Å². The average molecular weight is 518 g/mol. The standard InChI is InChI=1S/C30H31NO5S/c1-21(2)36-29(33)26-27(32)25(37-28(26)31-23-13-5-3-6-14-23)20-22-12-7-8-15-24(22)35-19-11-18-30(34)16-9-4-10-17-30/h3,5-8,12-15,20-21,32,34H,4,9-10,16-17,19H2,1-2H3/b25-20-,31-28?. The Morgan fingerprint density at radius 2 is 1.81 bits per heavy atom. The van der Waals surface area contributed by atoms with Crippen LogP contribution >= 0.6 is 11.8 Å². The number of aliphatic hydroxyl groups is 2. The highest BCUT2D eigenvalue weighted by atomic mass is 32.2. The maximum atomic E-state index is 12.8. The van der Waals surface area contributed by atoms with Crippen LogP contribution in [0, 0.1) is 11.8 Å². The minimum Gasteiger partial charge on any atom is -0.506 e. The lowest BCUT2D eigenvalue weighted by molar-refractivity contribution is -0.142. The minimum atomic E-state index is -0.921. The van der Waals surface area contributed by atoms with Gasteiger partial charge in [0.15, 0.2) is 0 Å². The number of esters is 1. The first-order chi connectivity index (χ1) is 17.8. The highest BCUT2D eigenvalue weighted by Gasteiger charge is 2.34. The second-order valence-corrected chi connectivity index (χ2v) is 10.3. The lowest BCUT2D eigenvalue weighted by Crippen LogP contribution is -2.29. The number of para-hydroxylation sites is 2. The molecule has 0 unspecified atom stereocenters. The molecule has 1 saturated carbocycles. The molecule has 2 aromatic carbocycles. The van der Waals surface area contributed by atoms with E-state index < -0.39 is 11.6 Å². The Balaban J connectivity index is 1.59. The topological polar surface area (TPSA) is 88.4 Å². The molecule has 1 aliphatic heterocycles. The summed E-state index contributed by atoms with van der Waals surface area (Å²) in [5.74, 6) is 5.71. The highest BCUT2D eigenvalue weighted by molar-refractivity contribution is 8.18. The Morgan fingerprint density at radius 3 is 2.54 bits per heavy atom. The lowest BCUT2D eigenvalue weighted by atomic mass is 9.85. The number of rotatable bonds is 6. The van der Waals surface area contributed by atoms with E-state index >= 15 is 0 Å². The monoisotopic (exact) mass is 517 g/mol. The third-order valence-electron chi connectivity index (χ3n) is 5.93. The van der Waals surface area contributed by atoms with Crippen molar-refractivity contribution in [2.75, 3.05) is 6.61 Å². The van der Waals surface area contributed by atoms with Gasteiger partial charge in [-0.25, -0.2) is 9.79 Å².